The maximum atomic E-state index is 15.0. The van der Waals surface area contributed by atoms with E-state index in [1.165, 1.54) is 95.3 Å². The van der Waals surface area contributed by atoms with Crippen molar-refractivity contribution in [2.75, 3.05) is 11.4 Å². The summed E-state index contributed by atoms with van der Waals surface area (Å²) >= 11 is 0. The molecule has 0 amide bonds. The minimum atomic E-state index is -1.91. The fraction of sp³-hybridized carbons (Fsp3) is 0.432. The molecule has 0 spiro atoms. The molecular formula is C37H40F4N4. The molecule has 3 rings (SSSR count). The molecule has 0 aromatic heterocycles. The lowest BCUT2D eigenvalue weighted by Crippen LogP contribution is -2.31. The quantitative estimate of drug-likeness (QED) is 0.107. The normalized spacial score (nSPS) is 12.8. The summed E-state index contributed by atoms with van der Waals surface area (Å²) in [6, 6.07) is 11.5. The number of rotatable bonds is 16. The number of hydrogen-bond acceptors (Lipinski definition) is 4. The molecule has 4 nitrogen and oxygen atoms in total. The van der Waals surface area contributed by atoms with Crippen LogP contribution >= 0.6 is 0 Å². The van der Waals surface area contributed by atoms with Crippen molar-refractivity contribution in [3.63, 3.8) is 0 Å². The van der Waals surface area contributed by atoms with E-state index in [0.29, 0.717) is 11.1 Å². The molecule has 0 fully saturated rings. The molecule has 0 N–H and O–H groups in total. The highest BCUT2D eigenvalue weighted by Crippen LogP contribution is 2.33. The van der Waals surface area contributed by atoms with Crippen LogP contribution in [-0.2, 0) is 0 Å². The van der Waals surface area contributed by atoms with E-state index in [4.69, 9.17) is 10.5 Å². The molecule has 45 heavy (non-hydrogen) atoms. The third-order valence-corrected chi connectivity index (χ3v) is 8.14. The van der Waals surface area contributed by atoms with Gasteiger partial charge in [0, 0.05) is 24.0 Å². The van der Waals surface area contributed by atoms with Crippen molar-refractivity contribution in [1.82, 2.24) is 0 Å². The van der Waals surface area contributed by atoms with Crippen LogP contribution in [0.25, 0.3) is 16.7 Å². The van der Waals surface area contributed by atoms with E-state index in [1.807, 2.05) is 18.3 Å². The lowest BCUT2D eigenvalue weighted by atomic mass is 9.96. The van der Waals surface area contributed by atoms with Gasteiger partial charge < -0.3 is 4.90 Å². The molecule has 0 radical (unpaired) electrons. The SMILES string of the molecule is CCCCCCCCCCCCCCCCN1C=C/C(=C/C(C#N)=c2c(F)c(F)c(=C(C#N)C#N)c(F)c2F)c2ccccc21. The maximum Gasteiger partial charge on any atom is 0.171 e. The molecule has 2 aromatic carbocycles. The number of benzene rings is 2. The molecule has 8 heteroatoms. The van der Waals surface area contributed by atoms with E-state index in [9.17, 15) is 14.0 Å². The van der Waals surface area contributed by atoms with Crippen LogP contribution in [0.5, 0.6) is 0 Å². The Morgan fingerprint density at radius 3 is 1.67 bits per heavy atom. The van der Waals surface area contributed by atoms with Crippen molar-refractivity contribution in [3.05, 3.63) is 81.9 Å². The van der Waals surface area contributed by atoms with E-state index < -0.39 is 44.9 Å². The number of allylic oxidation sites excluding steroid dienone is 3. The van der Waals surface area contributed by atoms with Crippen LogP contribution in [0.1, 0.15) is 102 Å². The smallest absolute Gasteiger partial charge is 0.171 e. The highest BCUT2D eigenvalue weighted by atomic mass is 19.2. The maximum absolute atomic E-state index is 15.0. The summed E-state index contributed by atoms with van der Waals surface area (Å²) in [5, 5.41) is 25.1. The van der Waals surface area contributed by atoms with E-state index in [1.54, 1.807) is 24.3 Å². The number of fused-ring (bicyclic) bond motifs is 1. The van der Waals surface area contributed by atoms with Gasteiger partial charge in [-0.15, -0.1) is 0 Å². The molecule has 1 heterocycles. The Hall–Kier alpha value is -4.35. The monoisotopic (exact) mass is 616 g/mol. The number of halogens is 4. The molecule has 0 bridgehead atoms. The number of nitrogens with zero attached hydrogens (tertiary/aromatic N) is 4. The minimum absolute atomic E-state index is 0.435. The Morgan fingerprint density at radius 2 is 1.16 bits per heavy atom. The topological polar surface area (TPSA) is 74.6 Å². The standard InChI is InChI=1S/C37H40F4N4/c1-2-3-4-5-6-7-8-9-10-11-12-13-14-17-21-45-22-20-27(30-18-15-16-19-31(30)45)23-28(24-42)32-34(38)36(40)33(29(25-43)26-44)37(41)35(32)39/h15-16,18-20,22-23H,2-14,17,21H2,1H3/b27-23-. The van der Waals surface area contributed by atoms with E-state index in [-0.39, 0.29) is 0 Å². The predicted molar refractivity (Wildman–Crippen MR) is 170 cm³/mol. The second-order valence-electron chi connectivity index (χ2n) is 11.4. The summed E-state index contributed by atoms with van der Waals surface area (Å²) in [5.41, 5.74) is 0.216. The van der Waals surface area contributed by atoms with Crippen LogP contribution in [0.2, 0.25) is 0 Å². The van der Waals surface area contributed by atoms with Crippen LogP contribution < -0.4 is 15.3 Å². The van der Waals surface area contributed by atoms with Crippen molar-refractivity contribution in [2.24, 2.45) is 0 Å². The molecule has 0 aliphatic carbocycles. The first-order valence-electron chi connectivity index (χ1n) is 16.0. The first-order chi connectivity index (χ1) is 21.9. The summed E-state index contributed by atoms with van der Waals surface area (Å²) in [4.78, 5) is 2.08. The van der Waals surface area contributed by atoms with E-state index in [0.717, 1.165) is 25.1 Å². The third-order valence-electron chi connectivity index (χ3n) is 8.14. The lowest BCUT2D eigenvalue weighted by Gasteiger charge is -2.27. The van der Waals surface area contributed by atoms with Gasteiger partial charge in [0.2, 0.25) is 0 Å². The Labute approximate surface area is 263 Å². The van der Waals surface area contributed by atoms with Crippen LogP contribution in [0, 0.1) is 57.3 Å². The van der Waals surface area contributed by atoms with Gasteiger partial charge >= 0.3 is 0 Å². The first-order valence-corrected chi connectivity index (χ1v) is 16.0. The number of nitriles is 3. The average Bonchev–Trinajstić information content (AvgIpc) is 3.06. The van der Waals surface area contributed by atoms with Crippen LogP contribution in [0.4, 0.5) is 23.2 Å². The lowest BCUT2D eigenvalue weighted by molar-refractivity contribution is 0.434. The number of para-hydroxylation sites is 1. The second kappa shape index (κ2) is 18.5. The van der Waals surface area contributed by atoms with Crippen molar-refractivity contribution in [1.29, 1.82) is 15.8 Å². The number of hydrogen-bond donors (Lipinski definition) is 0. The summed E-state index contributed by atoms with van der Waals surface area (Å²) in [5.74, 6) is -7.53. The van der Waals surface area contributed by atoms with Crippen molar-refractivity contribution in [3.8, 4) is 18.2 Å². The van der Waals surface area contributed by atoms with Crippen LogP contribution in [0.15, 0.2) is 42.6 Å². The van der Waals surface area contributed by atoms with Gasteiger partial charge in [-0.25, -0.2) is 17.6 Å². The zero-order valence-electron chi connectivity index (χ0n) is 25.9. The highest BCUT2D eigenvalue weighted by Gasteiger charge is 2.23. The first kappa shape index (κ1) is 35.1. The van der Waals surface area contributed by atoms with Gasteiger partial charge in [-0.3, -0.25) is 0 Å². The molecule has 0 saturated heterocycles. The summed E-state index contributed by atoms with van der Waals surface area (Å²) in [6.07, 6.45) is 22.5. The van der Waals surface area contributed by atoms with Crippen LogP contribution in [-0.4, -0.2) is 6.54 Å². The molecule has 0 saturated carbocycles. The summed E-state index contributed by atoms with van der Waals surface area (Å²) in [7, 11) is 0. The van der Waals surface area contributed by atoms with Gasteiger partial charge in [0.25, 0.3) is 0 Å². The Bertz CT molecular complexity index is 1590. The van der Waals surface area contributed by atoms with Crippen LogP contribution in [0.3, 0.4) is 0 Å². The number of unbranched alkanes of at least 4 members (excludes halogenated alkanes) is 13. The zero-order chi connectivity index (χ0) is 32.6. The van der Waals surface area contributed by atoms with E-state index >= 15 is 8.78 Å². The summed E-state index contributed by atoms with van der Waals surface area (Å²) < 4.78 is 59.5. The Morgan fingerprint density at radius 1 is 0.667 bits per heavy atom. The fourth-order valence-corrected chi connectivity index (χ4v) is 5.65. The molecule has 0 unspecified atom stereocenters. The second-order valence-corrected chi connectivity index (χ2v) is 11.4. The third kappa shape index (κ3) is 9.32. The molecule has 1 aliphatic heterocycles. The van der Waals surface area contributed by atoms with Gasteiger partial charge in [0.05, 0.1) is 22.1 Å². The average molecular weight is 617 g/mol. The fourth-order valence-electron chi connectivity index (χ4n) is 5.65. The molecule has 1 aliphatic rings. The van der Waals surface area contributed by atoms with Crippen molar-refractivity contribution < 1.29 is 17.6 Å². The molecular weight excluding hydrogens is 576 g/mol. The van der Waals surface area contributed by atoms with Gasteiger partial charge in [0.15, 0.2) is 23.3 Å². The zero-order valence-corrected chi connectivity index (χ0v) is 25.9. The van der Waals surface area contributed by atoms with Gasteiger partial charge in [0.1, 0.15) is 17.7 Å². The van der Waals surface area contributed by atoms with E-state index in [2.05, 4.69) is 11.8 Å². The van der Waals surface area contributed by atoms with Crippen molar-refractivity contribution >= 4 is 22.4 Å². The minimum Gasteiger partial charge on any atom is -0.347 e. The summed E-state index contributed by atoms with van der Waals surface area (Å²) in [6.45, 7) is 3.01. The van der Waals surface area contributed by atoms with Gasteiger partial charge in [-0.1, -0.05) is 109 Å². The van der Waals surface area contributed by atoms with Gasteiger partial charge in [-0.2, -0.15) is 15.8 Å². The largest absolute Gasteiger partial charge is 0.347 e. The Kier molecular flexibility index (Phi) is 14.4. The Balaban J connectivity index is 1.66. The molecule has 236 valence electrons. The highest BCUT2D eigenvalue weighted by molar-refractivity contribution is 5.92. The predicted octanol–water partition coefficient (Wildman–Crippen LogP) is 9.01. The molecule has 2 aromatic rings. The molecule has 0 atom stereocenters. The van der Waals surface area contributed by atoms with Crippen molar-refractivity contribution in [2.45, 2.75) is 96.8 Å². The number of anilines is 1. The van der Waals surface area contributed by atoms with Gasteiger partial charge in [-0.05, 0) is 30.2 Å².